The van der Waals surface area contributed by atoms with E-state index in [0.717, 1.165) is 5.56 Å². The van der Waals surface area contributed by atoms with Gasteiger partial charge in [0, 0.05) is 12.3 Å². The molecule has 0 aliphatic rings. The molecule has 0 bridgehead atoms. The molecule has 1 atom stereocenters. The summed E-state index contributed by atoms with van der Waals surface area (Å²) in [6.07, 6.45) is 1.67. The molecule has 140 valence electrons. The number of nitro benzene ring substituents is 1. The summed E-state index contributed by atoms with van der Waals surface area (Å²) in [4.78, 5) is 23.3. The molecule has 27 heavy (non-hydrogen) atoms. The maximum Gasteiger partial charge on any atom is 0.278 e. The molecule has 0 aliphatic heterocycles. The Kier molecular flexibility index (Phi) is 5.21. The molecule has 0 aliphatic carbocycles. The molecule has 0 radical (unpaired) electrons. The first-order valence-electron chi connectivity index (χ1n) is 8.64. The molecular formula is C20H20FN3O3. The largest absolute Gasteiger partial charge is 0.347 e. The Morgan fingerprint density at radius 2 is 1.89 bits per heavy atom. The van der Waals surface area contributed by atoms with Crippen molar-refractivity contribution in [2.45, 2.75) is 26.4 Å². The van der Waals surface area contributed by atoms with Crippen LogP contribution in [-0.2, 0) is 11.3 Å². The molecule has 3 rings (SSSR count). The van der Waals surface area contributed by atoms with Crippen molar-refractivity contribution in [2.24, 2.45) is 5.92 Å². The van der Waals surface area contributed by atoms with Gasteiger partial charge in [-0.3, -0.25) is 14.9 Å². The van der Waals surface area contributed by atoms with Gasteiger partial charge in [-0.2, -0.15) is 0 Å². The van der Waals surface area contributed by atoms with Crippen molar-refractivity contribution in [1.29, 1.82) is 0 Å². The van der Waals surface area contributed by atoms with Crippen LogP contribution in [0.5, 0.6) is 0 Å². The predicted octanol–water partition coefficient (Wildman–Crippen LogP) is 4.20. The maximum atomic E-state index is 13.2. The van der Waals surface area contributed by atoms with Crippen LogP contribution in [0.2, 0.25) is 0 Å². The Morgan fingerprint density at radius 3 is 2.52 bits per heavy atom. The van der Waals surface area contributed by atoms with Gasteiger partial charge in [-0.1, -0.05) is 32.0 Å². The van der Waals surface area contributed by atoms with E-state index in [-0.39, 0.29) is 35.9 Å². The molecule has 0 saturated heterocycles. The minimum absolute atomic E-state index is 0.0121. The fourth-order valence-corrected chi connectivity index (χ4v) is 3.18. The first-order chi connectivity index (χ1) is 12.9. The number of carbonyl (C=O) groups excluding carboxylic acids is 1. The number of nitrogens with one attached hydrogen (secondary N) is 1. The molecule has 1 aromatic heterocycles. The monoisotopic (exact) mass is 369 g/mol. The Balaban J connectivity index is 1.80. The van der Waals surface area contributed by atoms with Crippen molar-refractivity contribution in [3.8, 4) is 0 Å². The van der Waals surface area contributed by atoms with Gasteiger partial charge in [-0.15, -0.1) is 0 Å². The SMILES string of the molecule is CC(C)C(NC(=O)Cn1ccc2c([N+](=O)[O-])cccc21)c1ccc(F)cc1. The predicted molar refractivity (Wildman–Crippen MR) is 101 cm³/mol. The fraction of sp³-hybridized carbons (Fsp3) is 0.250. The lowest BCUT2D eigenvalue weighted by atomic mass is 9.96. The lowest BCUT2D eigenvalue weighted by molar-refractivity contribution is -0.383. The zero-order chi connectivity index (χ0) is 19.6. The summed E-state index contributed by atoms with van der Waals surface area (Å²) in [5, 5.41) is 14.6. The molecular weight excluding hydrogens is 349 g/mol. The van der Waals surface area contributed by atoms with Crippen LogP contribution in [-0.4, -0.2) is 15.4 Å². The third kappa shape index (κ3) is 3.97. The minimum Gasteiger partial charge on any atom is -0.347 e. The van der Waals surface area contributed by atoms with Gasteiger partial charge in [-0.05, 0) is 35.7 Å². The average molecular weight is 369 g/mol. The summed E-state index contributed by atoms with van der Waals surface area (Å²) in [5.74, 6) is -0.433. The number of aromatic nitrogens is 1. The second kappa shape index (κ2) is 7.57. The molecule has 2 aromatic carbocycles. The number of fused-ring (bicyclic) bond motifs is 1. The van der Waals surface area contributed by atoms with Crippen LogP contribution < -0.4 is 5.32 Å². The molecule has 0 fully saturated rings. The van der Waals surface area contributed by atoms with E-state index in [1.807, 2.05) is 13.8 Å². The number of hydrogen-bond acceptors (Lipinski definition) is 3. The van der Waals surface area contributed by atoms with Crippen LogP contribution >= 0.6 is 0 Å². The fourth-order valence-electron chi connectivity index (χ4n) is 3.18. The summed E-state index contributed by atoms with van der Waals surface area (Å²) in [7, 11) is 0. The van der Waals surface area contributed by atoms with Gasteiger partial charge >= 0.3 is 0 Å². The molecule has 0 spiro atoms. The average Bonchev–Trinajstić information content (AvgIpc) is 3.03. The Morgan fingerprint density at radius 1 is 1.19 bits per heavy atom. The highest BCUT2D eigenvalue weighted by atomic mass is 19.1. The van der Waals surface area contributed by atoms with Crippen molar-refractivity contribution in [1.82, 2.24) is 9.88 Å². The zero-order valence-corrected chi connectivity index (χ0v) is 15.1. The summed E-state index contributed by atoms with van der Waals surface area (Å²) in [6.45, 7) is 3.99. The first kappa shape index (κ1) is 18.6. The second-order valence-electron chi connectivity index (χ2n) is 6.75. The molecule has 1 unspecified atom stereocenters. The molecule has 1 heterocycles. The minimum atomic E-state index is -0.434. The molecule has 1 N–H and O–H groups in total. The number of amides is 1. The van der Waals surface area contributed by atoms with E-state index in [9.17, 15) is 19.3 Å². The quantitative estimate of drug-likeness (QED) is 0.522. The molecule has 6 nitrogen and oxygen atoms in total. The third-order valence-corrected chi connectivity index (χ3v) is 4.51. The highest BCUT2D eigenvalue weighted by Gasteiger charge is 2.20. The van der Waals surface area contributed by atoms with E-state index >= 15 is 0 Å². The molecule has 0 saturated carbocycles. The lowest BCUT2D eigenvalue weighted by Crippen LogP contribution is -2.34. The van der Waals surface area contributed by atoms with Crippen LogP contribution in [0.15, 0.2) is 54.7 Å². The van der Waals surface area contributed by atoms with Gasteiger partial charge in [0.25, 0.3) is 5.69 Å². The van der Waals surface area contributed by atoms with Gasteiger partial charge in [-0.25, -0.2) is 4.39 Å². The van der Waals surface area contributed by atoms with E-state index < -0.39 is 4.92 Å². The number of halogens is 1. The number of benzene rings is 2. The summed E-state index contributed by atoms with van der Waals surface area (Å²) in [6, 6.07) is 12.2. The van der Waals surface area contributed by atoms with E-state index in [4.69, 9.17) is 0 Å². The van der Waals surface area contributed by atoms with E-state index in [2.05, 4.69) is 5.32 Å². The van der Waals surface area contributed by atoms with Crippen molar-refractivity contribution in [3.63, 3.8) is 0 Å². The lowest BCUT2D eigenvalue weighted by Gasteiger charge is -2.23. The van der Waals surface area contributed by atoms with Crippen molar-refractivity contribution in [3.05, 3.63) is 76.2 Å². The Labute approximate surface area is 155 Å². The summed E-state index contributed by atoms with van der Waals surface area (Å²) >= 11 is 0. The van der Waals surface area contributed by atoms with Gasteiger partial charge in [0.2, 0.25) is 5.91 Å². The Bertz CT molecular complexity index is 980. The smallest absolute Gasteiger partial charge is 0.278 e. The van der Waals surface area contributed by atoms with Gasteiger partial charge in [0.1, 0.15) is 12.4 Å². The van der Waals surface area contributed by atoms with Crippen molar-refractivity contribution in [2.75, 3.05) is 0 Å². The van der Waals surface area contributed by atoms with Gasteiger partial charge in [0.15, 0.2) is 0 Å². The first-order valence-corrected chi connectivity index (χ1v) is 8.64. The maximum absolute atomic E-state index is 13.2. The molecule has 3 aromatic rings. The van der Waals surface area contributed by atoms with Crippen LogP contribution in [0.25, 0.3) is 10.9 Å². The third-order valence-electron chi connectivity index (χ3n) is 4.51. The standard InChI is InChI=1S/C20H20FN3O3/c1-13(2)20(14-6-8-15(21)9-7-14)22-19(25)12-23-11-10-16-17(23)4-3-5-18(16)24(26)27/h3-11,13,20H,12H2,1-2H3,(H,22,25). The number of hydrogen-bond donors (Lipinski definition) is 1. The number of carbonyl (C=O) groups is 1. The number of nitrogens with zero attached hydrogens (tertiary/aromatic N) is 2. The summed E-state index contributed by atoms with van der Waals surface area (Å²) < 4.78 is 14.8. The zero-order valence-electron chi connectivity index (χ0n) is 15.1. The summed E-state index contributed by atoms with van der Waals surface area (Å²) in [5.41, 5.74) is 1.47. The molecule has 1 amide bonds. The van der Waals surface area contributed by atoms with Crippen LogP contribution in [0.1, 0.15) is 25.5 Å². The van der Waals surface area contributed by atoms with Crippen molar-refractivity contribution < 1.29 is 14.1 Å². The number of non-ortho nitro benzene ring substituents is 1. The van der Waals surface area contributed by atoms with Gasteiger partial charge < -0.3 is 9.88 Å². The topological polar surface area (TPSA) is 77.2 Å². The van der Waals surface area contributed by atoms with Crippen LogP contribution in [0.4, 0.5) is 10.1 Å². The van der Waals surface area contributed by atoms with E-state index in [0.29, 0.717) is 10.9 Å². The normalized spacial score (nSPS) is 12.3. The highest BCUT2D eigenvalue weighted by molar-refractivity contribution is 5.90. The van der Waals surface area contributed by atoms with Crippen molar-refractivity contribution >= 4 is 22.5 Å². The van der Waals surface area contributed by atoms with Crippen LogP contribution in [0.3, 0.4) is 0 Å². The van der Waals surface area contributed by atoms with Crippen LogP contribution in [0, 0.1) is 21.8 Å². The number of nitro groups is 1. The second-order valence-corrected chi connectivity index (χ2v) is 6.75. The number of rotatable bonds is 6. The molecule has 7 heteroatoms. The Hall–Kier alpha value is -3.22. The van der Waals surface area contributed by atoms with Gasteiger partial charge in [0.05, 0.1) is 21.9 Å². The highest BCUT2D eigenvalue weighted by Crippen LogP contribution is 2.26. The van der Waals surface area contributed by atoms with E-state index in [1.54, 1.807) is 41.1 Å². The van der Waals surface area contributed by atoms with E-state index in [1.165, 1.54) is 18.2 Å².